The van der Waals surface area contributed by atoms with E-state index in [1.54, 1.807) is 6.07 Å². The number of nitrogens with one attached hydrogen (secondary N) is 1. The molecule has 6 nitrogen and oxygen atoms in total. The maximum atomic E-state index is 13.6. The van der Waals surface area contributed by atoms with Crippen LogP contribution in [0.2, 0.25) is 5.02 Å². The van der Waals surface area contributed by atoms with E-state index in [1.165, 1.54) is 23.5 Å². The fraction of sp³-hybridized carbons (Fsp3) is 0.138. The Morgan fingerprint density at radius 2 is 1.84 bits per heavy atom. The summed E-state index contributed by atoms with van der Waals surface area (Å²) < 4.78 is 5.75. The van der Waals surface area contributed by atoms with Crippen LogP contribution in [0.3, 0.4) is 0 Å². The molecule has 4 aromatic rings. The van der Waals surface area contributed by atoms with E-state index in [-0.39, 0.29) is 12.3 Å². The predicted molar refractivity (Wildman–Crippen MR) is 147 cm³/mol. The number of nitrogens with zero attached hydrogens (tertiary/aromatic N) is 1. The van der Waals surface area contributed by atoms with Crippen molar-refractivity contribution >= 4 is 39.6 Å². The minimum Gasteiger partial charge on any atom is -0.462 e. The first-order chi connectivity index (χ1) is 17.9. The van der Waals surface area contributed by atoms with Crippen LogP contribution >= 0.6 is 22.9 Å². The Morgan fingerprint density at radius 1 is 1.08 bits per heavy atom. The Hall–Kier alpha value is -3.94. The second kappa shape index (κ2) is 10.6. The van der Waals surface area contributed by atoms with Gasteiger partial charge in [0, 0.05) is 46.1 Å². The summed E-state index contributed by atoms with van der Waals surface area (Å²) in [6, 6.07) is 23.8. The van der Waals surface area contributed by atoms with Gasteiger partial charge in [0.1, 0.15) is 0 Å². The summed E-state index contributed by atoms with van der Waals surface area (Å²) in [5, 5.41) is 18.5. The monoisotopic (exact) mass is 530 g/mol. The zero-order chi connectivity index (χ0) is 25.9. The van der Waals surface area contributed by atoms with Crippen LogP contribution in [-0.4, -0.2) is 17.5 Å². The van der Waals surface area contributed by atoms with Gasteiger partial charge in [-0.2, -0.15) is 0 Å². The van der Waals surface area contributed by atoms with E-state index in [9.17, 15) is 14.9 Å². The van der Waals surface area contributed by atoms with Gasteiger partial charge in [0.25, 0.3) is 5.69 Å². The molecule has 186 valence electrons. The quantitative estimate of drug-likeness (QED) is 0.151. The Labute approximate surface area is 223 Å². The van der Waals surface area contributed by atoms with Crippen LogP contribution in [0.25, 0.3) is 11.1 Å². The molecule has 0 fully saturated rings. The number of nitro groups is 1. The van der Waals surface area contributed by atoms with E-state index in [2.05, 4.69) is 5.32 Å². The summed E-state index contributed by atoms with van der Waals surface area (Å²) in [6.45, 7) is 2.06. The molecular weight excluding hydrogens is 508 g/mol. The molecular formula is C29H23ClN2O4S. The van der Waals surface area contributed by atoms with Crippen LogP contribution in [0, 0.1) is 10.1 Å². The Kier molecular flexibility index (Phi) is 7.08. The highest BCUT2D eigenvalue weighted by atomic mass is 35.5. The molecule has 37 heavy (non-hydrogen) atoms. The highest BCUT2D eigenvalue weighted by Crippen LogP contribution is 2.50. The largest absolute Gasteiger partial charge is 0.462 e. The molecule has 1 aliphatic heterocycles. The third-order valence-electron chi connectivity index (χ3n) is 6.37. The Morgan fingerprint density at radius 3 is 2.57 bits per heavy atom. The number of non-ortho nitro benzene ring substituents is 1. The molecule has 3 aromatic carbocycles. The summed E-state index contributed by atoms with van der Waals surface area (Å²) in [4.78, 5) is 24.7. The van der Waals surface area contributed by atoms with E-state index in [4.69, 9.17) is 16.3 Å². The molecule has 1 atom stereocenters. The Bertz CT molecular complexity index is 1500. The minimum atomic E-state index is -0.544. The van der Waals surface area contributed by atoms with Crippen molar-refractivity contribution in [3.8, 4) is 11.1 Å². The fourth-order valence-corrected chi connectivity index (χ4v) is 5.80. The summed E-state index contributed by atoms with van der Waals surface area (Å²) in [5.74, 6) is -0.992. The summed E-state index contributed by atoms with van der Waals surface area (Å²) in [7, 11) is 0. The number of hydrogen-bond acceptors (Lipinski definition) is 6. The van der Waals surface area contributed by atoms with Crippen LogP contribution in [0.5, 0.6) is 0 Å². The van der Waals surface area contributed by atoms with Gasteiger partial charge in [-0.05, 0) is 41.3 Å². The molecule has 0 amide bonds. The van der Waals surface area contributed by atoms with Gasteiger partial charge in [-0.1, -0.05) is 66.2 Å². The number of esters is 1. The standard InChI is InChI=1S/C29H23ClN2O4S/c1-18-25(29(33)36-15-14-19-6-3-2-4-7-19)26(21-8-5-9-23(16-21)32(34)35)27-24(17-37-28(27)31-18)20-10-12-22(30)13-11-20/h2-13,16-17,26,31H,14-15H2,1H3. The predicted octanol–water partition coefficient (Wildman–Crippen LogP) is 7.59. The number of carbonyl (C=O) groups is 1. The third kappa shape index (κ3) is 5.14. The van der Waals surface area contributed by atoms with Crippen molar-refractivity contribution in [1.29, 1.82) is 0 Å². The molecule has 5 rings (SSSR count). The molecule has 0 saturated carbocycles. The Balaban J connectivity index is 1.56. The topological polar surface area (TPSA) is 81.5 Å². The number of fused-ring (bicyclic) bond motifs is 1. The van der Waals surface area contributed by atoms with Gasteiger partial charge < -0.3 is 10.1 Å². The molecule has 1 unspecified atom stereocenters. The average Bonchev–Trinajstić information content (AvgIpc) is 3.32. The molecule has 1 aromatic heterocycles. The number of carbonyl (C=O) groups excluding carboxylic acids is 1. The number of nitro benzene ring substituents is 1. The van der Waals surface area contributed by atoms with Gasteiger partial charge in [0.05, 0.1) is 22.1 Å². The third-order valence-corrected chi connectivity index (χ3v) is 7.53. The van der Waals surface area contributed by atoms with Crippen molar-refractivity contribution in [2.24, 2.45) is 0 Å². The molecule has 1 N–H and O–H groups in total. The van der Waals surface area contributed by atoms with Gasteiger partial charge in [0.2, 0.25) is 0 Å². The number of rotatable bonds is 7. The van der Waals surface area contributed by atoms with E-state index >= 15 is 0 Å². The highest BCUT2D eigenvalue weighted by molar-refractivity contribution is 7.15. The maximum Gasteiger partial charge on any atom is 0.336 e. The number of ether oxygens (including phenoxy) is 1. The lowest BCUT2D eigenvalue weighted by Crippen LogP contribution is -2.24. The van der Waals surface area contributed by atoms with Gasteiger partial charge >= 0.3 is 5.97 Å². The van der Waals surface area contributed by atoms with Crippen LogP contribution < -0.4 is 5.32 Å². The van der Waals surface area contributed by atoms with Gasteiger partial charge in [-0.15, -0.1) is 11.3 Å². The van der Waals surface area contributed by atoms with Crippen LogP contribution in [0.1, 0.15) is 29.5 Å². The summed E-state index contributed by atoms with van der Waals surface area (Å²) in [5.41, 5.74) is 5.55. The van der Waals surface area contributed by atoms with Gasteiger partial charge in [-0.25, -0.2) is 4.79 Å². The number of benzene rings is 3. The van der Waals surface area contributed by atoms with E-state index in [0.29, 0.717) is 28.3 Å². The average molecular weight is 531 g/mol. The molecule has 8 heteroatoms. The minimum absolute atomic E-state index is 0.0321. The lowest BCUT2D eigenvalue weighted by atomic mass is 9.80. The van der Waals surface area contributed by atoms with Gasteiger partial charge in [0.15, 0.2) is 0 Å². The van der Waals surface area contributed by atoms with Crippen molar-refractivity contribution in [3.63, 3.8) is 0 Å². The van der Waals surface area contributed by atoms with Crippen molar-refractivity contribution < 1.29 is 14.5 Å². The zero-order valence-corrected chi connectivity index (χ0v) is 21.5. The van der Waals surface area contributed by atoms with E-state index in [0.717, 1.165) is 27.3 Å². The van der Waals surface area contributed by atoms with E-state index in [1.807, 2.05) is 73.0 Å². The van der Waals surface area contributed by atoms with E-state index < -0.39 is 16.8 Å². The van der Waals surface area contributed by atoms with Crippen molar-refractivity contribution in [3.05, 3.63) is 127 Å². The first-order valence-corrected chi connectivity index (χ1v) is 13.0. The second-order valence-corrected chi connectivity index (χ2v) is 10.0. The lowest BCUT2D eigenvalue weighted by molar-refractivity contribution is -0.384. The SMILES string of the molecule is CC1=C(C(=O)OCCc2ccccc2)C(c2cccc([N+](=O)[O-])c2)c2c(-c3ccc(Cl)cc3)csc2N1. The summed E-state index contributed by atoms with van der Waals surface area (Å²) in [6.07, 6.45) is 0.591. The molecule has 2 heterocycles. The molecule has 0 aliphatic carbocycles. The van der Waals surface area contributed by atoms with Crippen LogP contribution in [0.15, 0.2) is 95.5 Å². The van der Waals surface area contributed by atoms with Crippen molar-refractivity contribution in [2.75, 3.05) is 11.9 Å². The number of halogens is 1. The smallest absolute Gasteiger partial charge is 0.336 e. The van der Waals surface area contributed by atoms with Crippen molar-refractivity contribution in [1.82, 2.24) is 0 Å². The fourth-order valence-electron chi connectivity index (χ4n) is 4.61. The van der Waals surface area contributed by atoms with Crippen molar-refractivity contribution in [2.45, 2.75) is 19.3 Å². The first-order valence-electron chi connectivity index (χ1n) is 11.7. The molecule has 0 radical (unpaired) electrons. The van der Waals surface area contributed by atoms with Crippen LogP contribution in [0.4, 0.5) is 10.7 Å². The molecule has 0 bridgehead atoms. The summed E-state index contributed by atoms with van der Waals surface area (Å²) >= 11 is 7.65. The number of allylic oxidation sites excluding steroid dienone is 1. The van der Waals surface area contributed by atoms with Gasteiger partial charge in [-0.3, -0.25) is 10.1 Å². The number of hydrogen-bond donors (Lipinski definition) is 1. The lowest BCUT2D eigenvalue weighted by Gasteiger charge is -2.29. The first kappa shape index (κ1) is 24.7. The molecule has 0 spiro atoms. The molecule has 0 saturated heterocycles. The molecule has 1 aliphatic rings. The normalized spacial score (nSPS) is 14.6. The van der Waals surface area contributed by atoms with Crippen LogP contribution in [-0.2, 0) is 16.0 Å². The maximum absolute atomic E-state index is 13.6. The number of thiophene rings is 1. The number of anilines is 1. The second-order valence-electron chi connectivity index (χ2n) is 8.72. The zero-order valence-electron chi connectivity index (χ0n) is 19.9. The highest BCUT2D eigenvalue weighted by Gasteiger charge is 2.36.